The minimum atomic E-state index is -3.82. The van der Waals surface area contributed by atoms with Gasteiger partial charge in [0.05, 0.1) is 0 Å². The van der Waals surface area contributed by atoms with Gasteiger partial charge in [0.25, 0.3) is 0 Å². The second-order valence-electron chi connectivity index (χ2n) is 20.3. The van der Waals surface area contributed by atoms with Gasteiger partial charge < -0.3 is 0 Å². The van der Waals surface area contributed by atoms with Crippen LogP contribution in [0.4, 0.5) is 11.4 Å². The molecular weight excluding hydrogens is 866 g/mol. The first-order chi connectivity index (χ1) is 32.8. The molecule has 3 heteroatoms. The Bertz CT molecular complexity index is 3190. The van der Waals surface area contributed by atoms with Gasteiger partial charge in [0, 0.05) is 0 Å². The Labute approximate surface area is 401 Å². The van der Waals surface area contributed by atoms with E-state index in [-0.39, 0.29) is 12.1 Å². The summed E-state index contributed by atoms with van der Waals surface area (Å²) in [6, 6.07) is 73.7. The molecule has 0 bridgehead atoms. The van der Waals surface area contributed by atoms with E-state index in [2.05, 4.69) is 247 Å². The van der Waals surface area contributed by atoms with Crippen molar-refractivity contribution < 1.29 is 0 Å². The summed E-state index contributed by atoms with van der Waals surface area (Å²) in [6.45, 7) is 14.4. The molecule has 326 valence electrons. The van der Waals surface area contributed by atoms with E-state index in [1.807, 2.05) is 0 Å². The van der Waals surface area contributed by atoms with Crippen LogP contribution in [-0.2, 0) is 5.41 Å². The first kappa shape index (κ1) is 42.0. The second kappa shape index (κ2) is 16.2. The van der Waals surface area contributed by atoms with Crippen LogP contribution in [0.3, 0.4) is 0 Å². The van der Waals surface area contributed by atoms with Crippen molar-refractivity contribution >= 4 is 65.3 Å². The second-order valence-corrected chi connectivity index (χ2v) is 28.2. The van der Waals surface area contributed by atoms with Crippen molar-refractivity contribution in [3.05, 3.63) is 245 Å². The Morgan fingerprint density at radius 3 is 1.66 bits per heavy atom. The summed E-state index contributed by atoms with van der Waals surface area (Å²) < 4.78 is 6.01. The summed E-state index contributed by atoms with van der Waals surface area (Å²) in [5.41, 5.74) is 20.7. The summed E-state index contributed by atoms with van der Waals surface area (Å²) in [7, 11) is 0. The van der Waals surface area contributed by atoms with Crippen molar-refractivity contribution in [3.63, 3.8) is 0 Å². The van der Waals surface area contributed by atoms with Gasteiger partial charge >= 0.3 is 404 Å². The Morgan fingerprint density at radius 1 is 0.507 bits per heavy atom. The Hall–Kier alpha value is -6.35. The molecule has 12 rings (SSSR count). The first-order valence-corrected chi connectivity index (χ1v) is 29.0. The van der Waals surface area contributed by atoms with Crippen LogP contribution < -0.4 is 38.9 Å². The molecule has 0 unspecified atom stereocenters. The predicted molar refractivity (Wildman–Crippen MR) is 289 cm³/mol. The van der Waals surface area contributed by atoms with E-state index in [1.54, 1.807) is 4.40 Å². The topological polar surface area (TPSA) is 3.24 Å². The number of benzene rings is 8. The molecule has 1 spiro atoms. The number of nitrogens with zero attached hydrogens (tertiary/aromatic N) is 1. The molecule has 0 amide bonds. The van der Waals surface area contributed by atoms with Crippen LogP contribution in [0.2, 0.25) is 0 Å². The van der Waals surface area contributed by atoms with Gasteiger partial charge in [-0.05, 0) is 0 Å². The van der Waals surface area contributed by atoms with Crippen molar-refractivity contribution in [3.8, 4) is 11.1 Å². The van der Waals surface area contributed by atoms with Gasteiger partial charge in [0.2, 0.25) is 0 Å². The molecule has 0 aromatic heterocycles. The summed E-state index contributed by atoms with van der Waals surface area (Å²) in [6.07, 6.45) is 6.90. The first-order valence-electron chi connectivity index (χ1n) is 24.8. The van der Waals surface area contributed by atoms with Crippen LogP contribution in [0.5, 0.6) is 0 Å². The molecular formula is C64H58BGeN. The molecule has 0 fully saturated rings. The molecule has 8 aromatic carbocycles. The van der Waals surface area contributed by atoms with E-state index < -0.39 is 13.3 Å². The Morgan fingerprint density at radius 2 is 1.04 bits per heavy atom. The van der Waals surface area contributed by atoms with Gasteiger partial charge in [-0.3, -0.25) is 0 Å². The third-order valence-corrected chi connectivity index (χ3v) is 26.2. The van der Waals surface area contributed by atoms with E-state index in [1.165, 1.54) is 96.7 Å². The molecule has 1 nitrogen and oxygen atoms in total. The minimum absolute atomic E-state index is 0.0789. The average molecular weight is 925 g/mol. The standard InChI is InChI=1S/C64H58BGeN/c1-42(2)45-39-51(43(3)4)63(52(40-45)44(5)6)65-57-33-19-20-34-59(57)66(46-23-9-7-10-24-46,47-25-11-8-12-26-47)60-41-48(37-38-58(60)65)67-61-35-21-17-31-55(61)64(56-32-18-22-36-62(56)67)53-29-15-13-27-49(53)50-28-14-16-30-54(50)64/h7-17,19-31,33-44H,18,32H2,1-6H3. The van der Waals surface area contributed by atoms with Crippen molar-refractivity contribution in [2.45, 2.75) is 77.6 Å². The summed E-state index contributed by atoms with van der Waals surface area (Å²) in [4.78, 5) is 2.66. The molecule has 0 radical (unpaired) electrons. The average Bonchev–Trinajstić information content (AvgIpc) is 3.66. The van der Waals surface area contributed by atoms with Crippen molar-refractivity contribution in [2.75, 3.05) is 4.90 Å². The fourth-order valence-electron chi connectivity index (χ4n) is 13.1. The molecule has 0 saturated carbocycles. The molecule has 8 aromatic rings. The maximum atomic E-state index is 2.70. The summed E-state index contributed by atoms with van der Waals surface area (Å²) >= 11 is -3.82. The Kier molecular flexibility index (Phi) is 10.1. The molecule has 4 aliphatic rings. The van der Waals surface area contributed by atoms with Gasteiger partial charge in [-0.15, -0.1) is 0 Å². The fraction of sp³-hybridized carbons (Fsp3) is 0.188. The van der Waals surface area contributed by atoms with E-state index in [9.17, 15) is 0 Å². The zero-order valence-electron chi connectivity index (χ0n) is 39.7. The van der Waals surface area contributed by atoms with Crippen molar-refractivity contribution in [1.82, 2.24) is 0 Å². The van der Waals surface area contributed by atoms with Crippen molar-refractivity contribution in [1.29, 1.82) is 0 Å². The fourth-order valence-corrected chi connectivity index (χ4v) is 24.2. The van der Waals surface area contributed by atoms with Gasteiger partial charge in [-0.25, -0.2) is 0 Å². The summed E-state index contributed by atoms with van der Waals surface area (Å²) in [5, 5.41) is 0. The number of anilines is 2. The Balaban J connectivity index is 1.20. The normalized spacial score (nSPS) is 16.0. The van der Waals surface area contributed by atoms with E-state index in [0.29, 0.717) is 17.8 Å². The molecule has 2 heterocycles. The van der Waals surface area contributed by atoms with Crippen LogP contribution in [0.15, 0.2) is 211 Å². The number of fused-ring (bicyclic) bond motifs is 10. The number of rotatable bonds is 7. The molecule has 2 aliphatic carbocycles. The van der Waals surface area contributed by atoms with Gasteiger partial charge in [-0.1, -0.05) is 0 Å². The van der Waals surface area contributed by atoms with Gasteiger partial charge in [0.15, 0.2) is 0 Å². The number of para-hydroxylation sites is 1. The monoisotopic (exact) mass is 925 g/mol. The van der Waals surface area contributed by atoms with E-state index in [0.717, 1.165) is 12.8 Å². The molecule has 0 saturated heterocycles. The van der Waals surface area contributed by atoms with Gasteiger partial charge in [-0.2, -0.15) is 0 Å². The van der Waals surface area contributed by atoms with E-state index in [4.69, 9.17) is 0 Å². The maximum absolute atomic E-state index is 3.82. The third-order valence-electron chi connectivity index (χ3n) is 15.9. The number of allylic oxidation sites excluding steroid dienone is 3. The van der Waals surface area contributed by atoms with Crippen LogP contribution in [0.1, 0.15) is 106 Å². The van der Waals surface area contributed by atoms with Crippen molar-refractivity contribution in [2.24, 2.45) is 0 Å². The van der Waals surface area contributed by atoms with Gasteiger partial charge in [0.1, 0.15) is 0 Å². The molecule has 67 heavy (non-hydrogen) atoms. The zero-order valence-corrected chi connectivity index (χ0v) is 41.8. The third kappa shape index (κ3) is 6.01. The van der Waals surface area contributed by atoms with Crippen LogP contribution in [-0.4, -0.2) is 20.0 Å². The van der Waals surface area contributed by atoms with Crippen LogP contribution in [0.25, 0.3) is 11.1 Å². The molecule has 0 N–H and O–H groups in total. The molecule has 0 atom stereocenters. The zero-order chi connectivity index (χ0) is 45.6. The van der Waals surface area contributed by atoms with E-state index >= 15 is 0 Å². The van der Waals surface area contributed by atoms with Crippen LogP contribution >= 0.6 is 0 Å². The SMILES string of the molecule is CC(C)c1cc(C(C)C)c(B2c3cccc[c]3[Ge]([c]3ccccc3)([c]3ccccc3)[c]3cc(N4C5=C(CCC=C5)C5(c6ccccc6-c6ccccc65)c5ccccc54)ccc32)c(C(C)C)c1. The molecule has 2 aliphatic heterocycles. The number of hydrogen-bond donors (Lipinski definition) is 0. The quantitative estimate of drug-likeness (QED) is 0.144. The summed E-state index contributed by atoms with van der Waals surface area (Å²) in [5.74, 6) is 1.18. The number of hydrogen-bond acceptors (Lipinski definition) is 1. The van der Waals surface area contributed by atoms with Crippen LogP contribution in [0, 0.1) is 0 Å². The predicted octanol–water partition coefficient (Wildman–Crippen LogP) is 11.3.